The number of halogens is 2. The molecule has 1 saturated heterocycles. The van der Waals surface area contributed by atoms with Crippen LogP contribution in [0.15, 0.2) is 70.3 Å². The molecule has 1 aromatic heterocycles. The molecule has 0 radical (unpaired) electrons. The summed E-state index contributed by atoms with van der Waals surface area (Å²) in [7, 11) is 1.78. The maximum Gasteiger partial charge on any atom is 0.226 e. The minimum atomic E-state index is -0.208. The molecule has 1 aliphatic rings. The summed E-state index contributed by atoms with van der Waals surface area (Å²) in [5.74, 6) is 1.25. The van der Waals surface area contributed by atoms with E-state index in [0.29, 0.717) is 12.4 Å². The molecule has 4 rings (SSSR count). The Bertz CT molecular complexity index is 953. The van der Waals surface area contributed by atoms with Crippen LogP contribution in [0.4, 0.5) is 10.1 Å². The fourth-order valence-corrected chi connectivity index (χ4v) is 3.43. The smallest absolute Gasteiger partial charge is 0.226 e. The molecule has 0 amide bonds. The summed E-state index contributed by atoms with van der Waals surface area (Å²) in [6, 6.07) is 16.5. The number of guanidine groups is 1. The molecule has 0 bridgehead atoms. The van der Waals surface area contributed by atoms with Crippen molar-refractivity contribution in [3.63, 3.8) is 0 Å². The molecule has 2 heterocycles. The lowest BCUT2D eigenvalue weighted by Crippen LogP contribution is -2.52. The van der Waals surface area contributed by atoms with Gasteiger partial charge in [0, 0.05) is 44.5 Å². The number of anilines is 1. The summed E-state index contributed by atoms with van der Waals surface area (Å²) >= 11 is 0. The molecule has 8 heteroatoms. The number of benzene rings is 2. The van der Waals surface area contributed by atoms with Crippen LogP contribution < -0.4 is 10.2 Å². The van der Waals surface area contributed by atoms with Crippen molar-refractivity contribution in [3.8, 4) is 11.5 Å². The lowest BCUT2D eigenvalue weighted by molar-refractivity contribution is 0.372. The van der Waals surface area contributed by atoms with Gasteiger partial charge in [0.25, 0.3) is 0 Å². The summed E-state index contributed by atoms with van der Waals surface area (Å²) in [6.07, 6.45) is 1.68. The van der Waals surface area contributed by atoms with E-state index in [9.17, 15) is 4.39 Å². The minimum Gasteiger partial charge on any atom is -0.444 e. The maximum absolute atomic E-state index is 13.1. The van der Waals surface area contributed by atoms with Gasteiger partial charge in [-0.05, 0) is 36.4 Å². The highest BCUT2D eigenvalue weighted by molar-refractivity contribution is 14.0. The van der Waals surface area contributed by atoms with Crippen LogP contribution in [0, 0.1) is 5.82 Å². The topological polar surface area (TPSA) is 56.9 Å². The molecule has 0 atom stereocenters. The van der Waals surface area contributed by atoms with Gasteiger partial charge in [0.05, 0.1) is 12.2 Å². The van der Waals surface area contributed by atoms with Gasteiger partial charge in [-0.25, -0.2) is 9.37 Å². The quantitative estimate of drug-likeness (QED) is 0.320. The Balaban J connectivity index is 0.00000256. The number of aliphatic imine (C=N–C) groups is 1. The van der Waals surface area contributed by atoms with Gasteiger partial charge in [-0.15, -0.1) is 24.0 Å². The number of piperazine rings is 1. The van der Waals surface area contributed by atoms with Crippen LogP contribution in [0.1, 0.15) is 5.69 Å². The van der Waals surface area contributed by atoms with Crippen molar-refractivity contribution in [3.05, 3.63) is 72.4 Å². The average molecular weight is 521 g/mol. The number of rotatable bonds is 4. The highest BCUT2D eigenvalue weighted by atomic mass is 127. The highest BCUT2D eigenvalue weighted by Gasteiger charge is 2.20. The first-order valence-electron chi connectivity index (χ1n) is 9.69. The molecule has 3 aromatic rings. The zero-order valence-corrected chi connectivity index (χ0v) is 19.1. The molecule has 158 valence electrons. The molecule has 1 fully saturated rings. The molecular weight excluding hydrogens is 496 g/mol. The van der Waals surface area contributed by atoms with Crippen molar-refractivity contribution in [1.82, 2.24) is 15.2 Å². The lowest BCUT2D eigenvalue weighted by atomic mass is 10.2. The van der Waals surface area contributed by atoms with Crippen molar-refractivity contribution in [2.75, 3.05) is 38.1 Å². The highest BCUT2D eigenvalue weighted by Crippen LogP contribution is 2.19. The van der Waals surface area contributed by atoms with Crippen LogP contribution in [0.25, 0.3) is 11.5 Å². The normalized spacial score (nSPS) is 14.4. The van der Waals surface area contributed by atoms with E-state index < -0.39 is 0 Å². The molecule has 0 saturated carbocycles. The number of oxazole rings is 1. The van der Waals surface area contributed by atoms with Crippen LogP contribution in [0.3, 0.4) is 0 Å². The fraction of sp³-hybridized carbons (Fsp3) is 0.273. The Kier molecular flexibility index (Phi) is 7.67. The Morgan fingerprint density at radius 1 is 1.07 bits per heavy atom. The van der Waals surface area contributed by atoms with Crippen LogP contribution in [0.2, 0.25) is 0 Å². The first kappa shape index (κ1) is 22.1. The van der Waals surface area contributed by atoms with Crippen LogP contribution in [-0.2, 0) is 6.54 Å². The molecule has 1 N–H and O–H groups in total. The Morgan fingerprint density at radius 2 is 1.77 bits per heavy atom. The lowest BCUT2D eigenvalue weighted by Gasteiger charge is -2.37. The van der Waals surface area contributed by atoms with Crippen LogP contribution in [0.5, 0.6) is 0 Å². The van der Waals surface area contributed by atoms with Gasteiger partial charge in [-0.1, -0.05) is 18.2 Å². The van der Waals surface area contributed by atoms with Gasteiger partial charge in [-0.3, -0.25) is 4.99 Å². The minimum absolute atomic E-state index is 0. The van der Waals surface area contributed by atoms with E-state index in [1.165, 1.54) is 12.1 Å². The van der Waals surface area contributed by atoms with Gasteiger partial charge in [-0.2, -0.15) is 0 Å². The van der Waals surface area contributed by atoms with Crippen molar-refractivity contribution in [2.24, 2.45) is 4.99 Å². The predicted molar refractivity (Wildman–Crippen MR) is 128 cm³/mol. The summed E-state index contributed by atoms with van der Waals surface area (Å²) in [4.78, 5) is 13.4. The first-order valence-corrected chi connectivity index (χ1v) is 9.69. The number of nitrogens with one attached hydrogen (secondary N) is 1. The summed E-state index contributed by atoms with van der Waals surface area (Å²) in [5.41, 5.74) is 2.83. The fourth-order valence-electron chi connectivity index (χ4n) is 3.43. The summed E-state index contributed by atoms with van der Waals surface area (Å²) in [6.45, 7) is 3.93. The van der Waals surface area contributed by atoms with Gasteiger partial charge >= 0.3 is 0 Å². The second kappa shape index (κ2) is 10.4. The number of nitrogens with zero attached hydrogens (tertiary/aromatic N) is 4. The molecule has 6 nitrogen and oxygen atoms in total. The largest absolute Gasteiger partial charge is 0.444 e. The van der Waals surface area contributed by atoms with Gasteiger partial charge < -0.3 is 19.5 Å². The predicted octanol–water partition coefficient (Wildman–Crippen LogP) is 4.00. The second-order valence-electron chi connectivity index (χ2n) is 6.86. The van der Waals surface area contributed by atoms with E-state index in [2.05, 4.69) is 25.1 Å². The zero-order chi connectivity index (χ0) is 20.1. The van der Waals surface area contributed by atoms with Crippen molar-refractivity contribution in [1.29, 1.82) is 0 Å². The molecule has 30 heavy (non-hydrogen) atoms. The number of hydrogen-bond acceptors (Lipinski definition) is 4. The average Bonchev–Trinajstić information content (AvgIpc) is 3.25. The Morgan fingerprint density at radius 3 is 2.43 bits per heavy atom. The number of hydrogen-bond donors (Lipinski definition) is 1. The Labute approximate surface area is 192 Å². The molecule has 0 spiro atoms. The monoisotopic (exact) mass is 521 g/mol. The van der Waals surface area contributed by atoms with Crippen molar-refractivity contribution < 1.29 is 8.81 Å². The van der Waals surface area contributed by atoms with E-state index >= 15 is 0 Å². The van der Waals surface area contributed by atoms with Crippen LogP contribution in [-0.4, -0.2) is 49.1 Å². The third-order valence-corrected chi connectivity index (χ3v) is 4.98. The molecule has 0 aliphatic carbocycles. The molecule has 0 unspecified atom stereocenters. The van der Waals surface area contributed by atoms with E-state index in [4.69, 9.17) is 4.42 Å². The van der Waals surface area contributed by atoms with Gasteiger partial charge in [0.2, 0.25) is 5.89 Å². The molecule has 1 aliphatic heterocycles. The van der Waals surface area contributed by atoms with E-state index in [1.807, 2.05) is 42.5 Å². The van der Waals surface area contributed by atoms with Crippen molar-refractivity contribution in [2.45, 2.75) is 6.54 Å². The first-order chi connectivity index (χ1) is 14.2. The van der Waals surface area contributed by atoms with Gasteiger partial charge in [0.15, 0.2) is 5.96 Å². The van der Waals surface area contributed by atoms with E-state index in [1.54, 1.807) is 13.3 Å². The second-order valence-corrected chi connectivity index (χ2v) is 6.86. The summed E-state index contributed by atoms with van der Waals surface area (Å²) in [5, 5.41) is 3.37. The number of aromatic nitrogens is 1. The molecule has 2 aromatic carbocycles. The third kappa shape index (κ3) is 5.29. The van der Waals surface area contributed by atoms with Crippen LogP contribution >= 0.6 is 24.0 Å². The van der Waals surface area contributed by atoms with Crippen molar-refractivity contribution >= 4 is 35.6 Å². The zero-order valence-electron chi connectivity index (χ0n) is 16.8. The van der Waals surface area contributed by atoms with E-state index in [0.717, 1.165) is 49.1 Å². The van der Waals surface area contributed by atoms with E-state index in [-0.39, 0.29) is 29.8 Å². The molecular formula is C22H25FIN5O. The maximum atomic E-state index is 13.1. The summed E-state index contributed by atoms with van der Waals surface area (Å²) < 4.78 is 18.7. The Hall–Kier alpha value is -2.62. The third-order valence-electron chi connectivity index (χ3n) is 4.98. The van der Waals surface area contributed by atoms with Gasteiger partial charge in [0.1, 0.15) is 12.1 Å². The SMILES string of the molecule is CN=C(NCc1coc(-c2ccccc2)n1)N1CCN(c2ccc(F)cc2)CC1.I. The standard InChI is InChI=1S/C22H24FN5O.HI/c1-24-22(25-15-19-16-29-21(26-19)17-5-3-2-4-6-17)28-13-11-27(12-14-28)20-9-7-18(23)8-10-20;/h2-10,16H,11-15H2,1H3,(H,24,25);1H.